The first-order valence-corrected chi connectivity index (χ1v) is 10.9. The lowest BCUT2D eigenvalue weighted by atomic mass is 10.1. The Kier molecular flexibility index (Phi) is 8.68. The van der Waals surface area contributed by atoms with E-state index in [1.807, 2.05) is 30.5 Å². The number of H-pyrrole nitrogens is 1. The molecule has 1 aromatic heterocycles. The van der Waals surface area contributed by atoms with Crippen LogP contribution in [-0.4, -0.2) is 51.4 Å². The summed E-state index contributed by atoms with van der Waals surface area (Å²) in [6.07, 6.45) is 2.92. The van der Waals surface area contributed by atoms with Gasteiger partial charge in [-0.3, -0.25) is 4.99 Å². The fraction of sp³-hybridized carbons (Fsp3) is 0.286. The van der Waals surface area contributed by atoms with Crippen molar-refractivity contribution in [2.45, 2.75) is 17.9 Å². The zero-order chi connectivity index (χ0) is 20.9. The van der Waals surface area contributed by atoms with Gasteiger partial charge in [0.05, 0.1) is 4.90 Å². The first-order chi connectivity index (χ1) is 13.9. The summed E-state index contributed by atoms with van der Waals surface area (Å²) in [5, 5.41) is 7.81. The van der Waals surface area contributed by atoms with E-state index in [1.54, 1.807) is 19.2 Å². The number of hydrogen-bond acceptors (Lipinski definition) is 3. The number of benzene rings is 2. The van der Waals surface area contributed by atoms with Crippen LogP contribution in [0.25, 0.3) is 10.9 Å². The predicted molar refractivity (Wildman–Crippen MR) is 133 cm³/mol. The molecule has 9 heteroatoms. The molecule has 2 aromatic carbocycles. The Balaban J connectivity index is 0.00000320. The molecule has 0 spiro atoms. The van der Waals surface area contributed by atoms with Crippen LogP contribution in [0.4, 0.5) is 0 Å². The van der Waals surface area contributed by atoms with Crippen molar-refractivity contribution in [2.24, 2.45) is 4.99 Å². The molecular formula is C21H28IN5O2S. The molecule has 0 aliphatic rings. The number of fused-ring (bicyclic) bond motifs is 1. The highest BCUT2D eigenvalue weighted by Crippen LogP contribution is 2.17. The summed E-state index contributed by atoms with van der Waals surface area (Å²) in [4.78, 5) is 7.82. The summed E-state index contributed by atoms with van der Waals surface area (Å²) in [5.74, 6) is 0.704. The fourth-order valence-electron chi connectivity index (χ4n) is 3.05. The smallest absolute Gasteiger partial charge is 0.242 e. The highest BCUT2D eigenvalue weighted by Gasteiger charge is 2.16. The molecule has 3 aromatic rings. The van der Waals surface area contributed by atoms with Gasteiger partial charge in [-0.25, -0.2) is 12.7 Å². The van der Waals surface area contributed by atoms with Gasteiger partial charge in [0, 0.05) is 51.3 Å². The number of aromatic amines is 1. The SMILES string of the molecule is CN=C(NCCc1c[nH]c2ccccc12)NCc1ccc(S(=O)(=O)N(C)C)cc1.I. The van der Waals surface area contributed by atoms with Crippen molar-refractivity contribution in [2.75, 3.05) is 27.7 Å². The molecule has 162 valence electrons. The van der Waals surface area contributed by atoms with Crippen molar-refractivity contribution in [3.63, 3.8) is 0 Å². The van der Waals surface area contributed by atoms with Gasteiger partial charge in [-0.1, -0.05) is 30.3 Å². The quantitative estimate of drug-likeness (QED) is 0.244. The number of sulfonamides is 1. The molecule has 0 fully saturated rings. The second-order valence-electron chi connectivity index (χ2n) is 6.89. The molecule has 0 bridgehead atoms. The minimum atomic E-state index is -3.40. The van der Waals surface area contributed by atoms with E-state index >= 15 is 0 Å². The summed E-state index contributed by atoms with van der Waals surface area (Å²) in [7, 11) is 1.37. The topological polar surface area (TPSA) is 89.6 Å². The van der Waals surface area contributed by atoms with Gasteiger partial charge in [-0.2, -0.15) is 0 Å². The van der Waals surface area contributed by atoms with Crippen molar-refractivity contribution in [3.8, 4) is 0 Å². The normalized spacial score (nSPS) is 12.1. The molecule has 0 amide bonds. The molecule has 30 heavy (non-hydrogen) atoms. The van der Waals surface area contributed by atoms with Gasteiger partial charge in [-0.15, -0.1) is 24.0 Å². The van der Waals surface area contributed by atoms with Crippen molar-refractivity contribution in [3.05, 3.63) is 65.9 Å². The number of guanidine groups is 1. The number of halogens is 1. The van der Waals surface area contributed by atoms with Crippen LogP contribution in [0.5, 0.6) is 0 Å². The van der Waals surface area contributed by atoms with Gasteiger partial charge in [-0.05, 0) is 35.7 Å². The van der Waals surface area contributed by atoms with Crippen LogP contribution in [0.2, 0.25) is 0 Å². The van der Waals surface area contributed by atoms with Crippen molar-refractivity contribution < 1.29 is 8.42 Å². The van der Waals surface area contributed by atoms with E-state index in [1.165, 1.54) is 29.4 Å². The Morgan fingerprint density at radius 1 is 1.07 bits per heavy atom. The number of hydrogen-bond donors (Lipinski definition) is 3. The monoisotopic (exact) mass is 541 g/mol. The molecule has 0 radical (unpaired) electrons. The number of aromatic nitrogens is 1. The lowest BCUT2D eigenvalue weighted by Crippen LogP contribution is -2.37. The minimum absolute atomic E-state index is 0. The Bertz CT molecular complexity index is 1090. The summed E-state index contributed by atoms with van der Waals surface area (Å²) >= 11 is 0. The van der Waals surface area contributed by atoms with Crippen LogP contribution in [-0.2, 0) is 23.0 Å². The van der Waals surface area contributed by atoms with Gasteiger partial charge >= 0.3 is 0 Å². The Labute approximate surface area is 195 Å². The van der Waals surface area contributed by atoms with Crippen molar-refractivity contribution in [1.29, 1.82) is 0 Å². The highest BCUT2D eigenvalue weighted by molar-refractivity contribution is 14.0. The Hall–Kier alpha value is -2.11. The van der Waals surface area contributed by atoms with E-state index in [0.717, 1.165) is 24.0 Å². The van der Waals surface area contributed by atoms with Crippen LogP contribution < -0.4 is 10.6 Å². The van der Waals surface area contributed by atoms with E-state index in [2.05, 4.69) is 32.7 Å². The molecule has 7 nitrogen and oxygen atoms in total. The van der Waals surface area contributed by atoms with Crippen LogP contribution in [0.3, 0.4) is 0 Å². The molecule has 0 aliphatic heterocycles. The fourth-order valence-corrected chi connectivity index (χ4v) is 3.95. The maximum Gasteiger partial charge on any atom is 0.242 e. The third-order valence-electron chi connectivity index (χ3n) is 4.75. The third kappa shape index (κ3) is 5.73. The summed E-state index contributed by atoms with van der Waals surface area (Å²) in [5.41, 5.74) is 3.38. The zero-order valence-corrected chi connectivity index (χ0v) is 20.5. The van der Waals surface area contributed by atoms with Gasteiger partial charge in [0.1, 0.15) is 0 Å². The average molecular weight is 541 g/mol. The largest absolute Gasteiger partial charge is 0.361 e. The minimum Gasteiger partial charge on any atom is -0.361 e. The van der Waals surface area contributed by atoms with E-state index in [4.69, 9.17) is 0 Å². The number of para-hydroxylation sites is 1. The number of aliphatic imine (C=N–C) groups is 1. The van der Waals surface area contributed by atoms with Gasteiger partial charge in [0.15, 0.2) is 5.96 Å². The lowest BCUT2D eigenvalue weighted by molar-refractivity contribution is 0.520. The van der Waals surface area contributed by atoms with Crippen molar-refractivity contribution in [1.82, 2.24) is 19.9 Å². The molecule has 3 rings (SSSR count). The third-order valence-corrected chi connectivity index (χ3v) is 6.58. The highest BCUT2D eigenvalue weighted by atomic mass is 127. The Morgan fingerprint density at radius 3 is 2.43 bits per heavy atom. The van der Waals surface area contributed by atoms with Gasteiger partial charge < -0.3 is 15.6 Å². The van der Waals surface area contributed by atoms with Crippen LogP contribution >= 0.6 is 24.0 Å². The van der Waals surface area contributed by atoms with Crippen LogP contribution in [0.15, 0.2) is 64.6 Å². The molecule has 0 unspecified atom stereocenters. The molecule has 0 atom stereocenters. The zero-order valence-electron chi connectivity index (χ0n) is 17.3. The average Bonchev–Trinajstić information content (AvgIpc) is 3.14. The van der Waals surface area contributed by atoms with E-state index in [9.17, 15) is 8.42 Å². The molecular weight excluding hydrogens is 513 g/mol. The van der Waals surface area contributed by atoms with Gasteiger partial charge in [0.25, 0.3) is 0 Å². The van der Waals surface area contributed by atoms with Crippen LogP contribution in [0, 0.1) is 0 Å². The first kappa shape index (κ1) is 24.2. The summed E-state index contributed by atoms with van der Waals surface area (Å²) in [6, 6.07) is 15.1. The number of nitrogens with zero attached hydrogens (tertiary/aromatic N) is 2. The number of nitrogens with one attached hydrogen (secondary N) is 3. The van der Waals surface area contributed by atoms with E-state index in [-0.39, 0.29) is 28.9 Å². The second kappa shape index (κ2) is 10.8. The molecule has 0 aliphatic carbocycles. The van der Waals surface area contributed by atoms with Gasteiger partial charge in [0.2, 0.25) is 10.0 Å². The molecule has 1 heterocycles. The maximum atomic E-state index is 12.1. The first-order valence-electron chi connectivity index (χ1n) is 9.43. The summed E-state index contributed by atoms with van der Waals surface area (Å²) in [6.45, 7) is 1.30. The maximum absolute atomic E-state index is 12.1. The Morgan fingerprint density at radius 2 is 1.77 bits per heavy atom. The van der Waals surface area contributed by atoms with E-state index < -0.39 is 10.0 Å². The lowest BCUT2D eigenvalue weighted by Gasteiger charge is -2.13. The second-order valence-corrected chi connectivity index (χ2v) is 9.05. The number of rotatable bonds is 7. The molecule has 0 saturated heterocycles. The molecule has 0 saturated carbocycles. The van der Waals surface area contributed by atoms with Crippen molar-refractivity contribution >= 4 is 50.9 Å². The summed E-state index contributed by atoms with van der Waals surface area (Å²) < 4.78 is 25.5. The standard InChI is InChI=1S/C21H27N5O2S.HI/c1-22-21(23-13-12-17-15-24-20-7-5-4-6-19(17)20)25-14-16-8-10-18(11-9-16)29(27,28)26(2)3;/h4-11,15,24H,12-14H2,1-3H3,(H2,22,23,25);1H. The van der Waals surface area contributed by atoms with E-state index in [0.29, 0.717) is 12.5 Å². The van der Waals surface area contributed by atoms with Crippen LogP contribution in [0.1, 0.15) is 11.1 Å². The predicted octanol–water partition coefficient (Wildman–Crippen LogP) is 2.94. The molecule has 3 N–H and O–H groups in total.